The molecule has 3 nitrogen and oxygen atoms in total. The molecule has 0 amide bonds. The first-order valence-electron chi connectivity index (χ1n) is 11.1. The molecule has 4 fully saturated rings. The second-order valence-corrected chi connectivity index (χ2v) is 12.7. The molecule has 0 saturated heterocycles. The van der Waals surface area contributed by atoms with Crippen LogP contribution in [-0.2, 0) is 15.6 Å². The van der Waals surface area contributed by atoms with Gasteiger partial charge in [-0.3, -0.25) is 0 Å². The fraction of sp³-hybridized carbons (Fsp3) is 0.680. The summed E-state index contributed by atoms with van der Waals surface area (Å²) in [6, 6.07) is 4.49. The highest BCUT2D eigenvalue weighted by atomic mass is 28.3. The lowest BCUT2D eigenvalue weighted by Crippen LogP contribution is -2.51. The van der Waals surface area contributed by atoms with Crippen molar-refractivity contribution in [3.63, 3.8) is 0 Å². The van der Waals surface area contributed by atoms with Crippen molar-refractivity contribution in [1.29, 1.82) is 0 Å². The van der Waals surface area contributed by atoms with E-state index in [2.05, 4.69) is 52.3 Å². The van der Waals surface area contributed by atoms with Crippen LogP contribution >= 0.6 is 0 Å². The van der Waals surface area contributed by atoms with Crippen molar-refractivity contribution in [3.05, 3.63) is 35.1 Å². The highest BCUT2D eigenvalue weighted by Gasteiger charge is 2.56. The average molecular weight is 414 g/mol. The Hall–Kier alpha value is -1.42. The van der Waals surface area contributed by atoms with E-state index in [1.165, 1.54) is 48.8 Å². The maximum Gasteiger partial charge on any atom is 0.274 e. The third-order valence-corrected chi connectivity index (χ3v) is 7.94. The van der Waals surface area contributed by atoms with Gasteiger partial charge in [-0.15, -0.1) is 0 Å². The third kappa shape index (κ3) is 3.41. The van der Waals surface area contributed by atoms with Crippen molar-refractivity contribution in [2.45, 2.75) is 76.8 Å². The summed E-state index contributed by atoms with van der Waals surface area (Å²) in [6.45, 7) is 11.3. The predicted octanol–water partition coefficient (Wildman–Crippen LogP) is 6.23. The molecule has 1 aromatic carbocycles. The van der Waals surface area contributed by atoms with E-state index in [0.717, 1.165) is 23.3 Å². The van der Waals surface area contributed by atoms with Crippen molar-refractivity contribution < 1.29 is 13.9 Å². The van der Waals surface area contributed by atoms with E-state index in [4.69, 9.17) is 13.9 Å². The van der Waals surface area contributed by atoms with Gasteiger partial charge in [0.15, 0.2) is 0 Å². The molecule has 4 heteroatoms. The lowest BCUT2D eigenvalue weighted by Gasteiger charge is -2.58. The monoisotopic (exact) mass is 413 g/mol. The van der Waals surface area contributed by atoms with E-state index in [-0.39, 0.29) is 10.8 Å². The number of allylic oxidation sites excluding steroid dienone is 1. The molecule has 0 heterocycles. The minimum absolute atomic E-state index is 0.0541. The smallest absolute Gasteiger partial charge is 0.274 e. The number of benzene rings is 1. The Morgan fingerprint density at radius 1 is 1.03 bits per heavy atom. The summed E-state index contributed by atoms with van der Waals surface area (Å²) >= 11 is 0. The molecule has 1 aromatic rings. The van der Waals surface area contributed by atoms with Crippen LogP contribution in [0.15, 0.2) is 24.0 Å². The van der Waals surface area contributed by atoms with E-state index in [1.54, 1.807) is 14.2 Å². The molecule has 5 rings (SSSR count). The highest BCUT2D eigenvalue weighted by Crippen LogP contribution is 2.65. The normalized spacial score (nSPS) is 32.1. The first-order valence-corrected chi connectivity index (χ1v) is 13.5. The molecule has 4 aliphatic carbocycles. The van der Waals surface area contributed by atoms with E-state index >= 15 is 0 Å². The molecule has 0 spiro atoms. The number of hydrogen-bond acceptors (Lipinski definition) is 3. The fourth-order valence-corrected chi connectivity index (χ4v) is 7.31. The number of rotatable bonds is 5. The lowest BCUT2D eigenvalue weighted by atomic mass is 9.46. The van der Waals surface area contributed by atoms with Crippen LogP contribution in [0.4, 0.5) is 0 Å². The van der Waals surface area contributed by atoms with Crippen molar-refractivity contribution in [2.24, 2.45) is 17.8 Å². The van der Waals surface area contributed by atoms with Gasteiger partial charge in [0.05, 0.1) is 20.5 Å². The number of ether oxygens (including phenoxy) is 2. The van der Waals surface area contributed by atoms with Crippen molar-refractivity contribution in [2.75, 3.05) is 14.2 Å². The SMILES string of the molecule is COC=C1C2CC3CC(C2)CC1(c1ccc(OC)c(C(C)(C)C)c1O[Si](C)C)C3. The van der Waals surface area contributed by atoms with Crippen molar-refractivity contribution in [1.82, 2.24) is 0 Å². The van der Waals surface area contributed by atoms with Gasteiger partial charge in [-0.2, -0.15) is 0 Å². The molecule has 0 aliphatic heterocycles. The fourth-order valence-electron chi connectivity index (χ4n) is 6.69. The van der Waals surface area contributed by atoms with E-state index in [9.17, 15) is 0 Å². The van der Waals surface area contributed by atoms with Gasteiger partial charge in [0, 0.05) is 16.5 Å². The molecule has 0 aromatic heterocycles. The average Bonchev–Trinajstić information content (AvgIpc) is 2.62. The maximum atomic E-state index is 6.72. The number of methoxy groups -OCH3 is 2. The van der Waals surface area contributed by atoms with E-state index in [0.29, 0.717) is 5.92 Å². The van der Waals surface area contributed by atoms with Gasteiger partial charge in [0.1, 0.15) is 11.5 Å². The molecule has 4 bridgehead atoms. The van der Waals surface area contributed by atoms with Gasteiger partial charge < -0.3 is 13.9 Å². The summed E-state index contributed by atoms with van der Waals surface area (Å²) in [4.78, 5) is 0. The quantitative estimate of drug-likeness (QED) is 0.423. The van der Waals surface area contributed by atoms with Crippen LogP contribution in [0.2, 0.25) is 13.1 Å². The van der Waals surface area contributed by atoms with Gasteiger partial charge in [-0.25, -0.2) is 0 Å². The Kier molecular flexibility index (Phi) is 5.29. The van der Waals surface area contributed by atoms with Crippen LogP contribution in [0.1, 0.15) is 64.0 Å². The minimum Gasteiger partial charge on any atom is -0.542 e. The Bertz CT molecular complexity index is 791. The van der Waals surface area contributed by atoms with Crippen LogP contribution in [0.5, 0.6) is 11.5 Å². The topological polar surface area (TPSA) is 27.7 Å². The van der Waals surface area contributed by atoms with Gasteiger partial charge in [-0.1, -0.05) is 26.8 Å². The summed E-state index contributed by atoms with van der Waals surface area (Å²) in [5.41, 5.74) is 4.13. The van der Waals surface area contributed by atoms with Crippen LogP contribution < -0.4 is 9.16 Å². The van der Waals surface area contributed by atoms with Crippen LogP contribution in [0, 0.1) is 17.8 Å². The molecule has 2 atom stereocenters. The summed E-state index contributed by atoms with van der Waals surface area (Å²) in [6.07, 6.45) is 8.63. The minimum atomic E-state index is -0.921. The zero-order chi connectivity index (χ0) is 21.0. The summed E-state index contributed by atoms with van der Waals surface area (Å²) in [5.74, 6) is 4.38. The summed E-state index contributed by atoms with van der Waals surface area (Å²) < 4.78 is 18.2. The highest BCUT2D eigenvalue weighted by molar-refractivity contribution is 6.49. The van der Waals surface area contributed by atoms with Gasteiger partial charge in [-0.05, 0) is 80.0 Å². The zero-order valence-electron chi connectivity index (χ0n) is 19.2. The molecule has 29 heavy (non-hydrogen) atoms. The zero-order valence-corrected chi connectivity index (χ0v) is 20.2. The molecule has 2 unspecified atom stereocenters. The number of hydrogen-bond donors (Lipinski definition) is 0. The molecule has 1 radical (unpaired) electrons. The molecular formula is C25H37O3Si. The standard InChI is InChI=1S/C25H37O3Si/c1-24(2,3)22-21(27-5)9-8-19(23(22)28-29(6)7)25-13-16-10-17(14-25)12-18(11-16)20(25)15-26-4/h8-9,15-18H,10-14H2,1-7H3. The molecular weight excluding hydrogens is 376 g/mol. The Labute approximate surface area is 178 Å². The first kappa shape index (κ1) is 20.8. The largest absolute Gasteiger partial charge is 0.542 e. The Balaban J connectivity index is 1.97. The second kappa shape index (κ2) is 7.37. The molecule has 159 valence electrons. The Morgan fingerprint density at radius 2 is 1.69 bits per heavy atom. The summed E-state index contributed by atoms with van der Waals surface area (Å²) in [5, 5.41) is 0. The summed E-state index contributed by atoms with van der Waals surface area (Å²) in [7, 11) is 2.66. The van der Waals surface area contributed by atoms with Gasteiger partial charge in [0.2, 0.25) is 0 Å². The maximum absolute atomic E-state index is 6.72. The van der Waals surface area contributed by atoms with Gasteiger partial charge in [0.25, 0.3) is 9.04 Å². The lowest BCUT2D eigenvalue weighted by molar-refractivity contribution is 0.0417. The van der Waals surface area contributed by atoms with Crippen molar-refractivity contribution in [3.8, 4) is 11.5 Å². The van der Waals surface area contributed by atoms with Crippen LogP contribution in [-0.4, -0.2) is 23.3 Å². The van der Waals surface area contributed by atoms with E-state index in [1.807, 2.05) is 0 Å². The van der Waals surface area contributed by atoms with Crippen LogP contribution in [0.3, 0.4) is 0 Å². The van der Waals surface area contributed by atoms with E-state index < -0.39 is 9.04 Å². The Morgan fingerprint density at radius 3 is 2.21 bits per heavy atom. The van der Waals surface area contributed by atoms with Crippen molar-refractivity contribution >= 4 is 9.04 Å². The second-order valence-electron chi connectivity index (χ2n) is 10.7. The third-order valence-electron chi connectivity index (χ3n) is 7.33. The molecule has 4 aliphatic rings. The molecule has 0 N–H and O–H groups in total. The first-order chi connectivity index (χ1) is 13.7. The van der Waals surface area contributed by atoms with Crippen LogP contribution in [0.25, 0.3) is 0 Å². The predicted molar refractivity (Wildman–Crippen MR) is 120 cm³/mol. The van der Waals surface area contributed by atoms with Gasteiger partial charge >= 0.3 is 0 Å². The molecule has 4 saturated carbocycles.